The first-order chi connectivity index (χ1) is 13.3. The summed E-state index contributed by atoms with van der Waals surface area (Å²) in [5.41, 5.74) is 1.64. The summed E-state index contributed by atoms with van der Waals surface area (Å²) in [6.45, 7) is 2.51. The van der Waals surface area contributed by atoms with Crippen molar-refractivity contribution in [1.29, 1.82) is 0 Å². The maximum atomic E-state index is 12.6. The van der Waals surface area contributed by atoms with Crippen LogP contribution in [0.5, 0.6) is 0 Å². The number of anilines is 1. The molecule has 1 heterocycles. The predicted octanol–water partition coefficient (Wildman–Crippen LogP) is 2.19. The molecule has 8 heteroatoms. The van der Waals surface area contributed by atoms with E-state index in [2.05, 4.69) is 15.4 Å². The average Bonchev–Trinajstić information content (AvgIpc) is 2.88. The molecule has 3 rings (SSSR count). The second-order valence-corrected chi connectivity index (χ2v) is 8.49. The second kappa shape index (κ2) is 8.43. The average molecular weight is 401 g/mol. The Labute approximate surface area is 164 Å². The van der Waals surface area contributed by atoms with Crippen LogP contribution in [0.4, 0.5) is 5.69 Å². The molecule has 2 amide bonds. The number of hydrogen-bond acceptors (Lipinski definition) is 4. The molecule has 1 fully saturated rings. The Bertz CT molecular complexity index is 971. The molecule has 2 aromatic carbocycles. The van der Waals surface area contributed by atoms with Crippen molar-refractivity contribution in [3.8, 4) is 0 Å². The molecular weight excluding hydrogens is 378 g/mol. The molecule has 1 saturated heterocycles. The summed E-state index contributed by atoms with van der Waals surface area (Å²) in [6.07, 6.45) is 2.26. The topological polar surface area (TPSA) is 104 Å². The fourth-order valence-electron chi connectivity index (χ4n) is 2.96. The molecule has 0 bridgehead atoms. The van der Waals surface area contributed by atoms with Gasteiger partial charge in [0.1, 0.15) is 6.04 Å². The molecule has 1 aliphatic rings. The minimum atomic E-state index is -3.84. The van der Waals surface area contributed by atoms with Gasteiger partial charge in [-0.2, -0.15) is 0 Å². The van der Waals surface area contributed by atoms with Crippen molar-refractivity contribution < 1.29 is 18.0 Å². The van der Waals surface area contributed by atoms with Gasteiger partial charge in [0, 0.05) is 17.8 Å². The summed E-state index contributed by atoms with van der Waals surface area (Å²) in [4.78, 5) is 24.5. The summed E-state index contributed by atoms with van der Waals surface area (Å²) >= 11 is 0. The molecule has 1 unspecified atom stereocenters. The van der Waals surface area contributed by atoms with Gasteiger partial charge >= 0.3 is 0 Å². The first-order valence-corrected chi connectivity index (χ1v) is 10.6. The highest BCUT2D eigenvalue weighted by Crippen LogP contribution is 2.18. The highest BCUT2D eigenvalue weighted by atomic mass is 32.2. The highest BCUT2D eigenvalue weighted by Gasteiger charge is 2.23. The fraction of sp³-hybridized carbons (Fsp3) is 0.300. The van der Waals surface area contributed by atoms with Crippen LogP contribution in [0.3, 0.4) is 0 Å². The normalized spacial score (nSPS) is 17.3. The van der Waals surface area contributed by atoms with E-state index < -0.39 is 22.0 Å². The van der Waals surface area contributed by atoms with Crippen molar-refractivity contribution >= 4 is 27.5 Å². The Hall–Kier alpha value is -2.87. The largest absolute Gasteiger partial charge is 0.354 e. The van der Waals surface area contributed by atoms with Crippen LogP contribution in [-0.4, -0.2) is 32.8 Å². The van der Waals surface area contributed by atoms with Crippen LogP contribution in [0.1, 0.15) is 35.2 Å². The van der Waals surface area contributed by atoms with E-state index in [-0.39, 0.29) is 16.4 Å². The highest BCUT2D eigenvalue weighted by molar-refractivity contribution is 7.92. The van der Waals surface area contributed by atoms with Crippen molar-refractivity contribution in [2.75, 3.05) is 11.3 Å². The predicted molar refractivity (Wildman–Crippen MR) is 107 cm³/mol. The molecule has 1 atom stereocenters. The lowest BCUT2D eigenvalue weighted by Crippen LogP contribution is -2.45. The number of amides is 2. The van der Waals surface area contributed by atoms with Gasteiger partial charge in [-0.25, -0.2) is 8.42 Å². The minimum Gasteiger partial charge on any atom is -0.354 e. The summed E-state index contributed by atoms with van der Waals surface area (Å²) in [5.74, 6) is -0.690. The van der Waals surface area contributed by atoms with Gasteiger partial charge in [0.15, 0.2) is 0 Å². The molecule has 0 radical (unpaired) electrons. The van der Waals surface area contributed by atoms with Crippen LogP contribution >= 0.6 is 0 Å². The van der Waals surface area contributed by atoms with Gasteiger partial charge in [-0.15, -0.1) is 0 Å². The van der Waals surface area contributed by atoms with E-state index in [1.807, 2.05) is 6.92 Å². The van der Waals surface area contributed by atoms with E-state index in [0.29, 0.717) is 18.7 Å². The van der Waals surface area contributed by atoms with Gasteiger partial charge in [0.05, 0.1) is 4.90 Å². The standard InChI is InChI=1S/C20H23N3O4S/c1-14-8-10-16(11-9-14)23-28(26,27)17-6-4-5-15(13-17)19(24)22-18-7-2-3-12-21-20(18)25/h4-6,8-11,13,18,23H,2-3,7,12H2,1H3,(H,21,25)(H,22,24). The quantitative estimate of drug-likeness (QED) is 0.714. The first-order valence-electron chi connectivity index (χ1n) is 9.13. The Balaban J connectivity index is 1.76. The lowest BCUT2D eigenvalue weighted by atomic mass is 10.1. The van der Waals surface area contributed by atoms with Gasteiger partial charge in [-0.1, -0.05) is 23.8 Å². The number of benzene rings is 2. The molecule has 7 nitrogen and oxygen atoms in total. The van der Waals surface area contributed by atoms with Gasteiger partial charge in [0.2, 0.25) is 5.91 Å². The molecule has 28 heavy (non-hydrogen) atoms. The van der Waals surface area contributed by atoms with E-state index in [9.17, 15) is 18.0 Å². The number of rotatable bonds is 5. The molecule has 148 valence electrons. The number of nitrogens with one attached hydrogen (secondary N) is 3. The van der Waals surface area contributed by atoms with Crippen molar-refractivity contribution in [3.05, 3.63) is 59.7 Å². The van der Waals surface area contributed by atoms with Crippen LogP contribution in [0.2, 0.25) is 0 Å². The molecule has 1 aliphatic heterocycles. The lowest BCUT2D eigenvalue weighted by molar-refractivity contribution is -0.122. The lowest BCUT2D eigenvalue weighted by Gasteiger charge is -2.15. The molecule has 2 aromatic rings. The third kappa shape index (κ3) is 4.89. The zero-order valence-corrected chi connectivity index (χ0v) is 16.4. The van der Waals surface area contributed by atoms with Crippen molar-refractivity contribution in [3.63, 3.8) is 0 Å². The van der Waals surface area contributed by atoms with E-state index in [4.69, 9.17) is 0 Å². The number of carbonyl (C=O) groups is 2. The number of hydrogen-bond donors (Lipinski definition) is 3. The summed E-state index contributed by atoms with van der Waals surface area (Å²) in [7, 11) is -3.84. The van der Waals surface area contributed by atoms with Crippen LogP contribution in [0.25, 0.3) is 0 Å². The van der Waals surface area contributed by atoms with Gasteiger partial charge in [-0.05, 0) is 56.5 Å². The number of aryl methyl sites for hydroxylation is 1. The van der Waals surface area contributed by atoms with Crippen LogP contribution in [-0.2, 0) is 14.8 Å². The summed E-state index contributed by atoms with van der Waals surface area (Å²) < 4.78 is 27.8. The molecule has 3 N–H and O–H groups in total. The molecular formula is C20H23N3O4S. The molecule has 0 spiro atoms. The second-order valence-electron chi connectivity index (χ2n) is 6.81. The molecule has 0 aliphatic carbocycles. The van der Waals surface area contributed by atoms with Gasteiger partial charge in [0.25, 0.3) is 15.9 Å². The number of carbonyl (C=O) groups excluding carboxylic acids is 2. The zero-order chi connectivity index (χ0) is 20.1. The maximum Gasteiger partial charge on any atom is 0.261 e. The third-order valence-corrected chi connectivity index (χ3v) is 5.93. The van der Waals surface area contributed by atoms with E-state index in [0.717, 1.165) is 18.4 Å². The van der Waals surface area contributed by atoms with Gasteiger partial charge in [-0.3, -0.25) is 14.3 Å². The summed E-state index contributed by atoms with van der Waals surface area (Å²) in [6, 6.07) is 12.1. The zero-order valence-electron chi connectivity index (χ0n) is 15.6. The SMILES string of the molecule is Cc1ccc(NS(=O)(=O)c2cccc(C(=O)NC3CCCCNC3=O)c2)cc1. The van der Waals surface area contributed by atoms with Crippen LogP contribution < -0.4 is 15.4 Å². The Morgan fingerprint density at radius 1 is 1.11 bits per heavy atom. The maximum absolute atomic E-state index is 12.6. The number of sulfonamides is 1. The van der Waals surface area contributed by atoms with E-state index in [1.165, 1.54) is 24.3 Å². The van der Waals surface area contributed by atoms with Crippen LogP contribution in [0.15, 0.2) is 53.4 Å². The Morgan fingerprint density at radius 3 is 2.61 bits per heavy atom. The van der Waals surface area contributed by atoms with E-state index >= 15 is 0 Å². The van der Waals surface area contributed by atoms with E-state index in [1.54, 1.807) is 24.3 Å². The Morgan fingerprint density at radius 2 is 1.86 bits per heavy atom. The van der Waals surface area contributed by atoms with Gasteiger partial charge < -0.3 is 10.6 Å². The van der Waals surface area contributed by atoms with Crippen molar-refractivity contribution in [2.24, 2.45) is 0 Å². The third-order valence-electron chi connectivity index (χ3n) is 4.55. The first kappa shape index (κ1) is 19.9. The Kier molecular flexibility index (Phi) is 5.99. The van der Waals surface area contributed by atoms with Crippen molar-refractivity contribution in [2.45, 2.75) is 37.1 Å². The molecule has 0 aromatic heterocycles. The summed E-state index contributed by atoms with van der Waals surface area (Å²) in [5, 5.41) is 5.45. The smallest absolute Gasteiger partial charge is 0.261 e. The monoisotopic (exact) mass is 401 g/mol. The fourth-order valence-corrected chi connectivity index (χ4v) is 4.06. The van der Waals surface area contributed by atoms with Crippen molar-refractivity contribution in [1.82, 2.24) is 10.6 Å². The molecule has 0 saturated carbocycles. The van der Waals surface area contributed by atoms with Crippen LogP contribution in [0, 0.1) is 6.92 Å². The minimum absolute atomic E-state index is 0.0222.